The molecule has 0 spiro atoms. The fraction of sp³-hybridized carbons (Fsp3) is 0.167. The summed E-state index contributed by atoms with van der Waals surface area (Å²) < 4.78 is 9.04. The maximum Gasteiger partial charge on any atom is 0.196 e. The Labute approximate surface area is 148 Å². The number of ether oxygens (including phenoxy) is 1. The fourth-order valence-corrected chi connectivity index (χ4v) is 3.63. The molecule has 0 saturated carbocycles. The Bertz CT molecular complexity index is 1110. The van der Waals surface area contributed by atoms with Gasteiger partial charge in [0.05, 0.1) is 12.5 Å². The molecular weight excluding hydrogens is 334 g/mol. The fourth-order valence-electron chi connectivity index (χ4n) is 3.01. The number of hydrogen-bond donors (Lipinski definition) is 1. The van der Waals surface area contributed by atoms with E-state index in [9.17, 15) is 0 Å². The highest BCUT2D eigenvalue weighted by Crippen LogP contribution is 2.26. The third-order valence-electron chi connectivity index (χ3n) is 4.42. The Morgan fingerprint density at radius 1 is 1.12 bits per heavy atom. The van der Waals surface area contributed by atoms with Crippen molar-refractivity contribution in [1.82, 2.24) is 19.1 Å². The number of thiazole rings is 1. The lowest BCUT2D eigenvalue weighted by atomic mass is 10.2. The van der Waals surface area contributed by atoms with Crippen LogP contribution in [-0.2, 0) is 0 Å². The van der Waals surface area contributed by atoms with Gasteiger partial charge in [-0.05, 0) is 43.7 Å². The van der Waals surface area contributed by atoms with E-state index in [-0.39, 0.29) is 0 Å². The van der Waals surface area contributed by atoms with Crippen molar-refractivity contribution < 1.29 is 4.74 Å². The lowest BCUT2D eigenvalue weighted by Gasteiger charge is -2.09. The SMILES string of the molecule is COc1ccc(-n2c(C)c(C)c3c(=N)n(-c4nccs4)cnc32)cc1. The van der Waals surface area contributed by atoms with Crippen LogP contribution in [0.3, 0.4) is 0 Å². The van der Waals surface area contributed by atoms with E-state index in [1.165, 1.54) is 11.3 Å². The van der Waals surface area contributed by atoms with Gasteiger partial charge in [0.25, 0.3) is 0 Å². The highest BCUT2D eigenvalue weighted by Gasteiger charge is 2.17. The van der Waals surface area contributed by atoms with Gasteiger partial charge in [-0.25, -0.2) is 9.97 Å². The van der Waals surface area contributed by atoms with Crippen molar-refractivity contribution in [3.63, 3.8) is 0 Å². The number of hydrogen-bond acceptors (Lipinski definition) is 5. The maximum atomic E-state index is 8.65. The smallest absolute Gasteiger partial charge is 0.196 e. The number of aromatic nitrogens is 4. The van der Waals surface area contributed by atoms with E-state index in [4.69, 9.17) is 10.1 Å². The number of aryl methyl sites for hydroxylation is 1. The number of benzene rings is 1. The van der Waals surface area contributed by atoms with E-state index in [2.05, 4.69) is 21.5 Å². The molecule has 25 heavy (non-hydrogen) atoms. The second-order valence-corrected chi connectivity index (χ2v) is 6.59. The van der Waals surface area contributed by atoms with Crippen LogP contribution in [0.4, 0.5) is 0 Å². The molecule has 3 heterocycles. The molecule has 0 aliphatic heterocycles. The van der Waals surface area contributed by atoms with Crippen LogP contribution in [0.2, 0.25) is 0 Å². The van der Waals surface area contributed by atoms with Crippen LogP contribution >= 0.6 is 11.3 Å². The van der Waals surface area contributed by atoms with Crippen LogP contribution in [0.1, 0.15) is 11.3 Å². The molecule has 4 aromatic rings. The molecule has 0 aliphatic carbocycles. The standard InChI is InChI=1S/C18H17N5OS/c1-11-12(2)23(13-4-6-14(24-3)7-5-13)17-15(11)16(19)22(10-21-17)18-20-8-9-25-18/h4-10,19H,1-3H3. The van der Waals surface area contributed by atoms with Gasteiger partial charge < -0.3 is 4.74 Å². The van der Waals surface area contributed by atoms with E-state index in [1.54, 1.807) is 24.2 Å². The molecule has 126 valence electrons. The Morgan fingerprint density at radius 3 is 2.52 bits per heavy atom. The summed E-state index contributed by atoms with van der Waals surface area (Å²) in [7, 11) is 1.65. The maximum absolute atomic E-state index is 8.65. The lowest BCUT2D eigenvalue weighted by Crippen LogP contribution is -2.19. The predicted octanol–water partition coefficient (Wildman–Crippen LogP) is 3.38. The topological polar surface area (TPSA) is 68.7 Å². The molecule has 0 bridgehead atoms. The van der Waals surface area contributed by atoms with E-state index in [0.29, 0.717) is 5.49 Å². The molecule has 0 saturated heterocycles. The summed E-state index contributed by atoms with van der Waals surface area (Å²) in [5.74, 6) is 0.810. The van der Waals surface area contributed by atoms with Crippen molar-refractivity contribution in [2.24, 2.45) is 0 Å². The molecule has 1 N–H and O–H groups in total. The molecule has 0 unspecified atom stereocenters. The summed E-state index contributed by atoms with van der Waals surface area (Å²) in [5.41, 5.74) is 4.29. The molecule has 7 heteroatoms. The third kappa shape index (κ3) is 2.35. The van der Waals surface area contributed by atoms with Gasteiger partial charge in [-0.2, -0.15) is 0 Å². The molecule has 6 nitrogen and oxygen atoms in total. The van der Waals surface area contributed by atoms with Crippen LogP contribution in [0, 0.1) is 19.3 Å². The molecule has 0 fully saturated rings. The molecule has 1 aromatic carbocycles. The minimum atomic E-state index is 0.396. The van der Waals surface area contributed by atoms with E-state index in [1.807, 2.05) is 36.6 Å². The summed E-state index contributed by atoms with van der Waals surface area (Å²) >= 11 is 1.49. The Kier molecular flexibility index (Phi) is 3.65. The van der Waals surface area contributed by atoms with Gasteiger partial charge in [-0.1, -0.05) is 0 Å². The van der Waals surface area contributed by atoms with E-state index >= 15 is 0 Å². The van der Waals surface area contributed by atoms with E-state index in [0.717, 1.165) is 38.9 Å². The number of nitrogens with one attached hydrogen (secondary N) is 1. The average molecular weight is 351 g/mol. The highest BCUT2D eigenvalue weighted by atomic mass is 32.1. The molecule has 4 rings (SSSR count). The van der Waals surface area contributed by atoms with E-state index < -0.39 is 0 Å². The van der Waals surface area contributed by atoms with Crippen LogP contribution in [0.15, 0.2) is 42.2 Å². The number of fused-ring (bicyclic) bond motifs is 1. The summed E-state index contributed by atoms with van der Waals surface area (Å²) in [4.78, 5) is 8.93. The first-order valence-corrected chi connectivity index (χ1v) is 8.68. The van der Waals surface area contributed by atoms with Crippen molar-refractivity contribution in [2.75, 3.05) is 7.11 Å². The van der Waals surface area contributed by atoms with Crippen molar-refractivity contribution in [3.05, 3.63) is 58.9 Å². The van der Waals surface area contributed by atoms with Crippen LogP contribution in [0.5, 0.6) is 5.75 Å². The second kappa shape index (κ2) is 5.86. The summed E-state index contributed by atoms with van der Waals surface area (Å²) in [6, 6.07) is 7.85. The molecule has 0 atom stereocenters. The Balaban J connectivity index is 1.99. The van der Waals surface area contributed by atoms with Gasteiger partial charge in [0, 0.05) is 23.0 Å². The number of rotatable bonds is 3. The minimum Gasteiger partial charge on any atom is -0.497 e. The normalized spacial score (nSPS) is 11.2. The monoisotopic (exact) mass is 351 g/mol. The largest absolute Gasteiger partial charge is 0.497 e. The lowest BCUT2D eigenvalue weighted by molar-refractivity contribution is 0.415. The second-order valence-electron chi connectivity index (χ2n) is 5.72. The molecular formula is C18H17N5OS. The molecule has 0 radical (unpaired) electrons. The number of methoxy groups -OCH3 is 1. The highest BCUT2D eigenvalue weighted by molar-refractivity contribution is 7.12. The van der Waals surface area contributed by atoms with Crippen molar-refractivity contribution in [1.29, 1.82) is 5.41 Å². The van der Waals surface area contributed by atoms with Crippen molar-refractivity contribution >= 4 is 22.4 Å². The number of nitrogens with zero attached hydrogens (tertiary/aromatic N) is 4. The van der Waals surface area contributed by atoms with Gasteiger partial charge in [0.15, 0.2) is 5.13 Å². The summed E-state index contributed by atoms with van der Waals surface area (Å²) in [6.07, 6.45) is 3.40. The van der Waals surface area contributed by atoms with Gasteiger partial charge in [0.1, 0.15) is 23.2 Å². The van der Waals surface area contributed by atoms with Gasteiger partial charge in [-0.3, -0.25) is 14.5 Å². The molecule has 0 aliphatic rings. The first-order chi connectivity index (χ1) is 12.1. The molecule has 0 amide bonds. The Morgan fingerprint density at radius 2 is 1.88 bits per heavy atom. The van der Waals surface area contributed by atoms with Gasteiger partial charge >= 0.3 is 0 Å². The summed E-state index contributed by atoms with van der Waals surface area (Å²) in [6.45, 7) is 4.08. The first-order valence-electron chi connectivity index (χ1n) is 7.80. The average Bonchev–Trinajstić information content (AvgIpc) is 3.24. The predicted molar refractivity (Wildman–Crippen MR) is 97.9 cm³/mol. The first kappa shape index (κ1) is 15.6. The molecule has 3 aromatic heterocycles. The van der Waals surface area contributed by atoms with Crippen LogP contribution in [-0.4, -0.2) is 26.2 Å². The zero-order chi connectivity index (χ0) is 17.6. The third-order valence-corrected chi connectivity index (χ3v) is 5.19. The van der Waals surface area contributed by atoms with Crippen molar-refractivity contribution in [3.8, 4) is 16.6 Å². The van der Waals surface area contributed by atoms with Gasteiger partial charge in [0.2, 0.25) is 0 Å². The Hall–Kier alpha value is -2.93. The summed E-state index contributed by atoms with van der Waals surface area (Å²) in [5, 5.41) is 12.1. The quantitative estimate of drug-likeness (QED) is 0.615. The minimum absolute atomic E-state index is 0.396. The van der Waals surface area contributed by atoms with Crippen LogP contribution < -0.4 is 10.2 Å². The zero-order valence-corrected chi connectivity index (χ0v) is 15.0. The van der Waals surface area contributed by atoms with Crippen LogP contribution in [0.25, 0.3) is 21.9 Å². The zero-order valence-electron chi connectivity index (χ0n) is 14.1. The van der Waals surface area contributed by atoms with Crippen molar-refractivity contribution in [2.45, 2.75) is 13.8 Å². The van der Waals surface area contributed by atoms with Gasteiger partial charge in [-0.15, -0.1) is 11.3 Å².